The number of fused-ring (bicyclic) bond motifs is 2. The molecule has 0 unspecified atom stereocenters. The molecule has 2 heterocycles. The molecule has 5 heteroatoms. The van der Waals surface area contributed by atoms with Crippen LogP contribution in [0.15, 0.2) is 46.1 Å². The van der Waals surface area contributed by atoms with Gasteiger partial charge in [0.25, 0.3) is 0 Å². The average molecular weight is 446 g/mol. The van der Waals surface area contributed by atoms with E-state index in [0.717, 1.165) is 73.3 Å². The quantitative estimate of drug-likeness (QED) is 0.241. The second-order valence-electron chi connectivity index (χ2n) is 10.6. The monoisotopic (exact) mass is 446 g/mol. The number of aliphatic imine (C=N–C) groups is 1. The fourth-order valence-electron chi connectivity index (χ4n) is 7.33. The lowest BCUT2D eigenvalue weighted by Crippen LogP contribution is -2.24. The van der Waals surface area contributed by atoms with Crippen molar-refractivity contribution in [3.05, 3.63) is 63.7 Å². The van der Waals surface area contributed by atoms with Gasteiger partial charge in [-0.25, -0.2) is 0 Å². The van der Waals surface area contributed by atoms with Gasteiger partial charge in [-0.2, -0.15) is 0 Å². The van der Waals surface area contributed by atoms with Crippen LogP contribution in [0, 0.1) is 18.8 Å². The maximum Gasteiger partial charge on any atom is 0.677 e. The topological polar surface area (TPSA) is 17.3 Å². The lowest BCUT2D eigenvalue weighted by Gasteiger charge is -2.34. The van der Waals surface area contributed by atoms with Gasteiger partial charge < -0.3 is 4.48 Å². The molecule has 1 aromatic rings. The minimum absolute atomic E-state index is 0.253. The molecule has 4 bridgehead atoms. The maximum absolute atomic E-state index is 14.7. The summed E-state index contributed by atoms with van der Waals surface area (Å²) in [4.78, 5) is 5.16. The summed E-state index contributed by atoms with van der Waals surface area (Å²) >= 11 is 0. The number of hydrogen-bond donors (Lipinski definition) is 0. The predicted octanol–water partition coefficient (Wildman–Crippen LogP) is 7.76. The fourth-order valence-corrected chi connectivity index (χ4v) is 7.33. The van der Waals surface area contributed by atoms with E-state index in [0.29, 0.717) is 11.8 Å². The number of hydrogen-bond acceptors (Lipinski definition) is 1. The highest BCUT2D eigenvalue weighted by molar-refractivity contribution is 6.41. The van der Waals surface area contributed by atoms with Gasteiger partial charge in [-0.1, -0.05) is 44.1 Å². The molecular formula is C28H33BF2N2. The smallest absolute Gasteiger partial charge is 0.329 e. The summed E-state index contributed by atoms with van der Waals surface area (Å²) in [5, 5.41) is 0. The summed E-state index contributed by atoms with van der Waals surface area (Å²) < 4.78 is 30.8. The third kappa shape index (κ3) is 3.07. The zero-order valence-corrected chi connectivity index (χ0v) is 20.0. The van der Waals surface area contributed by atoms with Crippen LogP contribution in [0.3, 0.4) is 0 Å². The molecule has 0 saturated heterocycles. The van der Waals surface area contributed by atoms with Gasteiger partial charge in [-0.05, 0) is 74.6 Å². The summed E-state index contributed by atoms with van der Waals surface area (Å²) in [5.41, 5.74) is 9.89. The minimum atomic E-state index is -2.53. The van der Waals surface area contributed by atoms with Gasteiger partial charge in [0.05, 0.1) is 5.70 Å². The average Bonchev–Trinajstić information content (AvgIpc) is 3.36. The molecule has 0 saturated carbocycles. The first kappa shape index (κ1) is 21.4. The highest BCUT2D eigenvalue weighted by atomic mass is 19.2. The first-order valence-electron chi connectivity index (χ1n) is 12.9. The summed E-state index contributed by atoms with van der Waals surface area (Å²) in [6.45, 7) is 6.24. The van der Waals surface area contributed by atoms with Crippen molar-refractivity contribution in [2.24, 2.45) is 16.8 Å². The second-order valence-corrected chi connectivity index (χ2v) is 10.6. The van der Waals surface area contributed by atoms with Crippen molar-refractivity contribution >= 4 is 18.7 Å². The highest BCUT2D eigenvalue weighted by Gasteiger charge is 2.43. The van der Waals surface area contributed by atoms with Crippen molar-refractivity contribution in [1.29, 1.82) is 0 Å². The Labute approximate surface area is 196 Å². The maximum atomic E-state index is 14.7. The molecule has 1 aliphatic heterocycles. The van der Waals surface area contributed by atoms with Crippen molar-refractivity contribution < 1.29 is 8.63 Å². The van der Waals surface area contributed by atoms with E-state index in [1.54, 1.807) is 0 Å². The van der Waals surface area contributed by atoms with Crippen molar-refractivity contribution in [3.8, 4) is 0 Å². The predicted molar refractivity (Wildman–Crippen MR) is 133 cm³/mol. The molecule has 8 rings (SSSR count). The van der Waals surface area contributed by atoms with E-state index in [9.17, 15) is 8.63 Å². The SMILES string of the molecule is CCCCC/C(=C1\N=C(C)C2=C1[C@H]1C=C[C@@H]2CC1)c1c2c(c(C)n1B(F)F)[C@@H]1C=C[C@H]2CC1. The van der Waals surface area contributed by atoms with Gasteiger partial charge in [0, 0.05) is 46.3 Å². The van der Waals surface area contributed by atoms with E-state index in [2.05, 4.69) is 38.2 Å². The Kier molecular flexibility index (Phi) is 5.15. The molecule has 4 atom stereocenters. The molecule has 1 aromatic heterocycles. The molecule has 6 aliphatic carbocycles. The van der Waals surface area contributed by atoms with Crippen LogP contribution < -0.4 is 0 Å². The van der Waals surface area contributed by atoms with Gasteiger partial charge >= 0.3 is 7.40 Å². The molecule has 7 aliphatic rings. The van der Waals surface area contributed by atoms with Crippen LogP contribution in [0.5, 0.6) is 0 Å². The van der Waals surface area contributed by atoms with Crippen LogP contribution in [0.1, 0.15) is 99.6 Å². The number of halogens is 2. The van der Waals surface area contributed by atoms with Crippen molar-refractivity contribution in [1.82, 2.24) is 4.48 Å². The van der Waals surface area contributed by atoms with Crippen LogP contribution in [0.25, 0.3) is 5.57 Å². The summed E-state index contributed by atoms with van der Waals surface area (Å²) in [6.07, 6.45) is 17.8. The molecule has 0 fully saturated rings. The van der Waals surface area contributed by atoms with Gasteiger partial charge in [0.2, 0.25) is 0 Å². The van der Waals surface area contributed by atoms with Gasteiger partial charge in [0.1, 0.15) is 0 Å². The number of unbranched alkanes of at least 4 members (excludes halogenated alkanes) is 2. The van der Waals surface area contributed by atoms with E-state index in [1.165, 1.54) is 33.2 Å². The van der Waals surface area contributed by atoms with Crippen LogP contribution >= 0.6 is 0 Å². The normalized spacial score (nSPS) is 30.2. The van der Waals surface area contributed by atoms with E-state index in [1.807, 2.05) is 6.92 Å². The molecule has 2 nitrogen and oxygen atoms in total. The fraction of sp³-hybridized carbons (Fsp3) is 0.536. The minimum Gasteiger partial charge on any atom is -0.329 e. The van der Waals surface area contributed by atoms with Crippen molar-refractivity contribution in [2.75, 3.05) is 0 Å². The lowest BCUT2D eigenvalue weighted by atomic mass is 9.69. The number of rotatable bonds is 6. The summed E-state index contributed by atoms with van der Waals surface area (Å²) in [6, 6.07) is 0. The second kappa shape index (κ2) is 7.96. The Morgan fingerprint density at radius 3 is 2.12 bits per heavy atom. The van der Waals surface area contributed by atoms with Gasteiger partial charge in [-0.15, -0.1) is 0 Å². The molecule has 0 spiro atoms. The Hall–Kier alpha value is -2.17. The highest BCUT2D eigenvalue weighted by Crippen LogP contribution is 2.54. The zero-order valence-electron chi connectivity index (χ0n) is 20.0. The van der Waals surface area contributed by atoms with E-state index < -0.39 is 7.40 Å². The van der Waals surface area contributed by atoms with Crippen LogP contribution in [0.4, 0.5) is 8.63 Å². The van der Waals surface area contributed by atoms with Crippen LogP contribution in [0.2, 0.25) is 0 Å². The number of nitrogens with zero attached hydrogens (tertiary/aromatic N) is 2. The van der Waals surface area contributed by atoms with E-state index in [-0.39, 0.29) is 11.8 Å². The van der Waals surface area contributed by atoms with E-state index >= 15 is 0 Å². The molecule has 0 amide bonds. The van der Waals surface area contributed by atoms with Gasteiger partial charge in [-0.3, -0.25) is 13.6 Å². The summed E-state index contributed by atoms with van der Waals surface area (Å²) in [5.74, 6) is 1.36. The number of aromatic nitrogens is 1. The van der Waals surface area contributed by atoms with E-state index in [4.69, 9.17) is 4.99 Å². The molecule has 172 valence electrons. The third-order valence-electron chi connectivity index (χ3n) is 8.76. The third-order valence-corrected chi connectivity index (χ3v) is 8.76. The lowest BCUT2D eigenvalue weighted by molar-refractivity contribution is 0.501. The Bertz CT molecular complexity index is 1160. The number of allylic oxidation sites excluding steroid dienone is 7. The van der Waals surface area contributed by atoms with Crippen molar-refractivity contribution in [3.63, 3.8) is 0 Å². The Morgan fingerprint density at radius 2 is 1.52 bits per heavy atom. The largest absolute Gasteiger partial charge is 0.677 e. The molecule has 0 N–H and O–H groups in total. The Balaban J connectivity index is 1.61. The first-order chi connectivity index (χ1) is 16.0. The van der Waals surface area contributed by atoms with Crippen molar-refractivity contribution in [2.45, 2.75) is 84.0 Å². The Morgan fingerprint density at radius 1 is 0.909 bits per heavy atom. The first-order valence-corrected chi connectivity index (χ1v) is 12.9. The zero-order chi connectivity index (χ0) is 22.9. The summed E-state index contributed by atoms with van der Waals surface area (Å²) in [7, 11) is -2.53. The van der Waals surface area contributed by atoms with Crippen LogP contribution in [-0.4, -0.2) is 17.6 Å². The molecule has 33 heavy (non-hydrogen) atoms. The standard InChI is InChI=1S/C28H33BF2N2/c1-4-5-6-7-22(27-25-20-12-8-18(9-13-20)23(25)16(2)32-27)28-26-21-14-10-19(11-15-21)24(26)17(3)33(28)29(30)31/h8,10,12,14,18-21H,4-7,9,11,13,15H2,1-3H3/b27-22+/t18-,19-,20+,21+/m1/s1. The molecule has 0 radical (unpaired) electrons. The van der Waals surface area contributed by atoms with Gasteiger partial charge in [0.15, 0.2) is 0 Å². The molecular weight excluding hydrogens is 413 g/mol. The molecule has 0 aromatic carbocycles. The van der Waals surface area contributed by atoms with Crippen LogP contribution in [-0.2, 0) is 0 Å².